The minimum atomic E-state index is -0.309. The van der Waals surface area contributed by atoms with Crippen LogP contribution in [0.5, 0.6) is 0 Å². The number of piperazine rings is 1. The van der Waals surface area contributed by atoms with Crippen LogP contribution >= 0.6 is 11.8 Å². The van der Waals surface area contributed by atoms with E-state index in [0.717, 1.165) is 25.1 Å². The van der Waals surface area contributed by atoms with E-state index in [1.807, 2.05) is 25.6 Å². The number of hydrogen-bond donors (Lipinski definition) is 1. The molecule has 3 atom stereocenters. The van der Waals surface area contributed by atoms with E-state index in [2.05, 4.69) is 5.32 Å². The van der Waals surface area contributed by atoms with Crippen molar-refractivity contribution in [3.63, 3.8) is 0 Å². The summed E-state index contributed by atoms with van der Waals surface area (Å²) in [5.41, 5.74) is 0. The van der Waals surface area contributed by atoms with Crippen LogP contribution in [0, 0.1) is 5.92 Å². The summed E-state index contributed by atoms with van der Waals surface area (Å²) < 4.78 is 0. The fourth-order valence-electron chi connectivity index (χ4n) is 2.62. The van der Waals surface area contributed by atoms with Gasteiger partial charge in [-0.25, -0.2) is 0 Å². The molecule has 1 N–H and O–H groups in total. The normalized spacial score (nSPS) is 32.8. The van der Waals surface area contributed by atoms with E-state index in [1.165, 1.54) is 12.2 Å². The highest BCUT2D eigenvalue weighted by atomic mass is 32.2. The monoisotopic (exact) mass is 270 g/mol. The summed E-state index contributed by atoms with van der Waals surface area (Å²) in [4.78, 5) is 26.1. The highest BCUT2D eigenvalue weighted by molar-refractivity contribution is 7.99. The van der Waals surface area contributed by atoms with Crippen LogP contribution in [0.3, 0.4) is 0 Å². The second-order valence-corrected chi connectivity index (χ2v) is 6.40. The first-order valence-corrected chi connectivity index (χ1v) is 7.97. The maximum absolute atomic E-state index is 12.4. The Morgan fingerprint density at radius 1 is 1.44 bits per heavy atom. The maximum Gasteiger partial charge on any atom is 0.245 e. The minimum Gasteiger partial charge on any atom is -0.343 e. The van der Waals surface area contributed by atoms with E-state index in [9.17, 15) is 9.59 Å². The first-order chi connectivity index (χ1) is 8.63. The predicted octanol–water partition coefficient (Wildman–Crippen LogP) is 1.26. The molecule has 2 heterocycles. The van der Waals surface area contributed by atoms with E-state index in [-0.39, 0.29) is 23.9 Å². The lowest BCUT2D eigenvalue weighted by atomic mass is 10.0. The van der Waals surface area contributed by atoms with Crippen LogP contribution < -0.4 is 5.32 Å². The van der Waals surface area contributed by atoms with Gasteiger partial charge in [0, 0.05) is 6.54 Å². The first-order valence-electron chi connectivity index (χ1n) is 6.82. The van der Waals surface area contributed by atoms with Crippen LogP contribution in [0.2, 0.25) is 0 Å². The quantitative estimate of drug-likeness (QED) is 0.836. The van der Waals surface area contributed by atoms with Gasteiger partial charge < -0.3 is 10.2 Å². The summed E-state index contributed by atoms with van der Waals surface area (Å²) in [6, 6.07) is -0.607. The summed E-state index contributed by atoms with van der Waals surface area (Å²) in [5.74, 6) is 2.98. The van der Waals surface area contributed by atoms with Gasteiger partial charge in [0.25, 0.3) is 0 Å². The number of carbonyl (C=O) groups excluding carboxylic acids is 2. The molecule has 0 radical (unpaired) electrons. The predicted molar refractivity (Wildman–Crippen MR) is 73.4 cm³/mol. The van der Waals surface area contributed by atoms with E-state index < -0.39 is 0 Å². The molecule has 18 heavy (non-hydrogen) atoms. The van der Waals surface area contributed by atoms with Crippen molar-refractivity contribution in [3.05, 3.63) is 0 Å². The molecule has 0 spiro atoms. The Kier molecular flexibility index (Phi) is 4.54. The molecule has 2 aliphatic heterocycles. The third-order valence-electron chi connectivity index (χ3n) is 3.80. The summed E-state index contributed by atoms with van der Waals surface area (Å²) >= 11 is 1.95. The highest BCUT2D eigenvalue weighted by Gasteiger charge is 2.38. The molecule has 0 aromatic rings. The molecule has 0 aromatic carbocycles. The van der Waals surface area contributed by atoms with Gasteiger partial charge in [-0.05, 0) is 37.2 Å². The van der Waals surface area contributed by atoms with Gasteiger partial charge in [-0.1, -0.05) is 13.3 Å². The summed E-state index contributed by atoms with van der Waals surface area (Å²) in [6.45, 7) is 4.62. The lowest BCUT2D eigenvalue weighted by molar-refractivity contribution is -0.149. The molecule has 2 rings (SSSR count). The van der Waals surface area contributed by atoms with Crippen LogP contribution in [-0.2, 0) is 9.59 Å². The van der Waals surface area contributed by atoms with Gasteiger partial charge in [0.2, 0.25) is 11.8 Å². The van der Waals surface area contributed by atoms with Crippen LogP contribution in [0.25, 0.3) is 0 Å². The zero-order valence-corrected chi connectivity index (χ0v) is 12.0. The molecule has 2 fully saturated rings. The van der Waals surface area contributed by atoms with Crippen molar-refractivity contribution in [3.8, 4) is 0 Å². The average molecular weight is 270 g/mol. The average Bonchev–Trinajstić information content (AvgIpc) is 2.85. The molecule has 102 valence electrons. The molecule has 2 amide bonds. The van der Waals surface area contributed by atoms with Crippen LogP contribution in [0.15, 0.2) is 0 Å². The molecule has 3 unspecified atom stereocenters. The number of rotatable bonds is 4. The smallest absolute Gasteiger partial charge is 0.245 e. The van der Waals surface area contributed by atoms with Gasteiger partial charge in [0.05, 0.1) is 0 Å². The zero-order valence-electron chi connectivity index (χ0n) is 11.1. The Morgan fingerprint density at radius 2 is 2.22 bits per heavy atom. The number of carbonyl (C=O) groups is 2. The van der Waals surface area contributed by atoms with Gasteiger partial charge in [0.1, 0.15) is 12.1 Å². The summed E-state index contributed by atoms with van der Waals surface area (Å²) in [6.07, 6.45) is 2.83. The molecule has 2 aliphatic rings. The Bertz CT molecular complexity index is 329. The van der Waals surface area contributed by atoms with Gasteiger partial charge in [-0.3, -0.25) is 9.59 Å². The topological polar surface area (TPSA) is 49.4 Å². The molecule has 2 saturated heterocycles. The number of nitrogens with one attached hydrogen (secondary N) is 1. The SMILES string of the molecule is CCCC1NC(=O)C(C)N(CC2CCSC2)C1=O. The van der Waals surface area contributed by atoms with Crippen LogP contribution in [0.1, 0.15) is 33.1 Å². The maximum atomic E-state index is 12.4. The molecule has 0 saturated carbocycles. The van der Waals surface area contributed by atoms with Crippen molar-refractivity contribution in [2.24, 2.45) is 5.92 Å². The molecule has 4 nitrogen and oxygen atoms in total. The van der Waals surface area contributed by atoms with Crippen molar-refractivity contribution >= 4 is 23.6 Å². The third kappa shape index (κ3) is 2.82. The third-order valence-corrected chi connectivity index (χ3v) is 5.03. The Hall–Kier alpha value is -0.710. The Morgan fingerprint density at radius 3 is 2.83 bits per heavy atom. The minimum absolute atomic E-state index is 0.00120. The van der Waals surface area contributed by atoms with Gasteiger partial charge >= 0.3 is 0 Å². The second-order valence-electron chi connectivity index (χ2n) is 5.25. The first kappa shape index (κ1) is 13.7. The number of thioether (sulfide) groups is 1. The highest BCUT2D eigenvalue weighted by Crippen LogP contribution is 2.26. The largest absolute Gasteiger partial charge is 0.343 e. The summed E-state index contributed by atoms with van der Waals surface area (Å²) in [7, 11) is 0. The van der Waals surface area contributed by atoms with E-state index in [1.54, 1.807) is 4.90 Å². The molecule has 5 heteroatoms. The van der Waals surface area contributed by atoms with E-state index >= 15 is 0 Å². The van der Waals surface area contributed by atoms with Gasteiger partial charge in [-0.15, -0.1) is 0 Å². The molecule has 0 aromatic heterocycles. The van der Waals surface area contributed by atoms with Crippen LogP contribution in [0.4, 0.5) is 0 Å². The van der Waals surface area contributed by atoms with Crippen molar-refractivity contribution in [1.82, 2.24) is 10.2 Å². The fraction of sp³-hybridized carbons (Fsp3) is 0.846. The molecule has 0 aliphatic carbocycles. The lowest BCUT2D eigenvalue weighted by Crippen LogP contribution is -2.63. The number of nitrogens with zero attached hydrogens (tertiary/aromatic N) is 1. The zero-order chi connectivity index (χ0) is 13.1. The lowest BCUT2D eigenvalue weighted by Gasteiger charge is -2.38. The number of hydrogen-bond acceptors (Lipinski definition) is 3. The molecular weight excluding hydrogens is 248 g/mol. The second kappa shape index (κ2) is 5.95. The van der Waals surface area contributed by atoms with E-state index in [0.29, 0.717) is 5.92 Å². The Balaban J connectivity index is 2.03. The van der Waals surface area contributed by atoms with Crippen molar-refractivity contribution in [1.29, 1.82) is 0 Å². The van der Waals surface area contributed by atoms with Gasteiger partial charge in [-0.2, -0.15) is 11.8 Å². The fourth-order valence-corrected chi connectivity index (χ4v) is 3.90. The van der Waals surface area contributed by atoms with Crippen molar-refractivity contribution < 1.29 is 9.59 Å². The molecule has 0 bridgehead atoms. The Labute approximate surface area is 113 Å². The molecular formula is C13H22N2O2S. The van der Waals surface area contributed by atoms with Crippen molar-refractivity contribution in [2.75, 3.05) is 18.1 Å². The standard InChI is InChI=1S/C13H22N2O2S/c1-3-4-11-13(17)15(9(2)12(16)14-11)7-10-5-6-18-8-10/h9-11H,3-8H2,1-2H3,(H,14,16). The van der Waals surface area contributed by atoms with Crippen LogP contribution in [-0.4, -0.2) is 46.8 Å². The van der Waals surface area contributed by atoms with Crippen molar-refractivity contribution in [2.45, 2.75) is 45.2 Å². The van der Waals surface area contributed by atoms with Gasteiger partial charge in [0.15, 0.2) is 0 Å². The summed E-state index contributed by atoms with van der Waals surface area (Å²) in [5, 5.41) is 2.84. The number of amides is 2. The van der Waals surface area contributed by atoms with E-state index in [4.69, 9.17) is 0 Å².